The van der Waals surface area contributed by atoms with E-state index in [1.165, 1.54) is 12.1 Å². The molecule has 0 amide bonds. The lowest BCUT2D eigenvalue weighted by Gasteiger charge is -2.01. The average Bonchev–Trinajstić information content (AvgIpc) is 1.94. The second-order valence-corrected chi connectivity index (χ2v) is 1.99. The summed E-state index contributed by atoms with van der Waals surface area (Å²) in [6, 6.07) is 4.41. The SMILES string of the molecule is CNc1cc(N)ccc1F. The Morgan fingerprint density at radius 2 is 2.20 bits per heavy atom. The highest BCUT2D eigenvalue weighted by Gasteiger charge is 1.97. The van der Waals surface area contributed by atoms with E-state index in [-0.39, 0.29) is 5.82 Å². The Labute approximate surface area is 58.9 Å². The predicted octanol–water partition coefficient (Wildman–Crippen LogP) is 1.45. The number of rotatable bonds is 1. The Kier molecular flexibility index (Phi) is 1.76. The second kappa shape index (κ2) is 2.56. The van der Waals surface area contributed by atoms with Crippen molar-refractivity contribution in [3.05, 3.63) is 24.0 Å². The molecule has 0 aliphatic rings. The van der Waals surface area contributed by atoms with Gasteiger partial charge >= 0.3 is 0 Å². The number of hydrogen-bond acceptors (Lipinski definition) is 2. The van der Waals surface area contributed by atoms with E-state index in [9.17, 15) is 4.39 Å². The molecule has 0 aliphatic carbocycles. The van der Waals surface area contributed by atoms with Gasteiger partial charge in [-0.3, -0.25) is 0 Å². The van der Waals surface area contributed by atoms with Gasteiger partial charge in [-0.2, -0.15) is 0 Å². The van der Waals surface area contributed by atoms with Crippen LogP contribution < -0.4 is 11.1 Å². The highest BCUT2D eigenvalue weighted by molar-refractivity contribution is 5.54. The monoisotopic (exact) mass is 140 g/mol. The molecular formula is C7H9FN2. The van der Waals surface area contributed by atoms with Gasteiger partial charge in [-0.1, -0.05) is 0 Å². The van der Waals surface area contributed by atoms with Crippen LogP contribution in [0.2, 0.25) is 0 Å². The number of nitrogens with two attached hydrogens (primary N) is 1. The lowest BCUT2D eigenvalue weighted by molar-refractivity contribution is 0.631. The fraction of sp³-hybridized carbons (Fsp3) is 0.143. The van der Waals surface area contributed by atoms with Crippen LogP contribution >= 0.6 is 0 Å². The Hall–Kier alpha value is -1.25. The molecule has 3 N–H and O–H groups in total. The van der Waals surface area contributed by atoms with Gasteiger partial charge in [0.1, 0.15) is 5.82 Å². The summed E-state index contributed by atoms with van der Waals surface area (Å²) in [5, 5.41) is 2.68. The van der Waals surface area contributed by atoms with Crippen molar-refractivity contribution in [3.63, 3.8) is 0 Å². The lowest BCUT2D eigenvalue weighted by Crippen LogP contribution is -1.94. The number of nitrogens with one attached hydrogen (secondary N) is 1. The summed E-state index contributed by atoms with van der Waals surface area (Å²) in [5.74, 6) is -0.281. The quantitative estimate of drug-likeness (QED) is 0.579. The summed E-state index contributed by atoms with van der Waals surface area (Å²) < 4.78 is 12.7. The van der Waals surface area contributed by atoms with Crippen LogP contribution in [-0.4, -0.2) is 7.05 Å². The van der Waals surface area contributed by atoms with E-state index in [2.05, 4.69) is 5.32 Å². The fourth-order valence-electron chi connectivity index (χ4n) is 0.734. The molecule has 54 valence electrons. The van der Waals surface area contributed by atoms with Crippen LogP contribution in [0.4, 0.5) is 15.8 Å². The molecule has 0 aromatic heterocycles. The van der Waals surface area contributed by atoms with Gasteiger partial charge in [-0.25, -0.2) is 4.39 Å². The number of benzene rings is 1. The molecule has 0 fully saturated rings. The number of halogens is 1. The van der Waals surface area contributed by atoms with E-state index in [1.54, 1.807) is 13.1 Å². The van der Waals surface area contributed by atoms with Gasteiger partial charge in [-0.05, 0) is 18.2 Å². The zero-order valence-electron chi connectivity index (χ0n) is 5.69. The molecule has 0 aliphatic heterocycles. The van der Waals surface area contributed by atoms with Gasteiger partial charge < -0.3 is 11.1 Å². The minimum atomic E-state index is -0.281. The highest BCUT2D eigenvalue weighted by atomic mass is 19.1. The molecule has 2 nitrogen and oxygen atoms in total. The summed E-state index contributed by atoms with van der Waals surface area (Å²) in [6.07, 6.45) is 0. The molecule has 0 heterocycles. The molecule has 0 spiro atoms. The topological polar surface area (TPSA) is 38.0 Å². The van der Waals surface area contributed by atoms with E-state index in [4.69, 9.17) is 5.73 Å². The molecule has 0 saturated carbocycles. The minimum Gasteiger partial charge on any atom is -0.399 e. The van der Waals surface area contributed by atoms with Crippen molar-refractivity contribution in [2.24, 2.45) is 0 Å². The zero-order chi connectivity index (χ0) is 7.56. The van der Waals surface area contributed by atoms with Gasteiger partial charge in [-0.15, -0.1) is 0 Å². The molecule has 1 aromatic carbocycles. The van der Waals surface area contributed by atoms with Gasteiger partial charge in [0, 0.05) is 12.7 Å². The lowest BCUT2D eigenvalue weighted by atomic mass is 10.3. The average molecular weight is 140 g/mol. The highest BCUT2D eigenvalue weighted by Crippen LogP contribution is 2.15. The van der Waals surface area contributed by atoms with E-state index in [1.807, 2.05) is 0 Å². The van der Waals surface area contributed by atoms with E-state index in [0.717, 1.165) is 0 Å². The molecule has 1 aromatic rings. The molecule has 1 rings (SSSR count). The summed E-state index contributed by atoms with van der Waals surface area (Å²) in [4.78, 5) is 0. The molecule has 0 atom stereocenters. The van der Waals surface area contributed by atoms with Crippen LogP contribution in [0, 0.1) is 5.82 Å². The first-order valence-corrected chi connectivity index (χ1v) is 2.97. The standard InChI is InChI=1S/C7H9FN2/c1-10-7-4-5(9)2-3-6(7)8/h2-4,10H,9H2,1H3. The van der Waals surface area contributed by atoms with Crippen LogP contribution in [0.15, 0.2) is 18.2 Å². The largest absolute Gasteiger partial charge is 0.399 e. The van der Waals surface area contributed by atoms with E-state index >= 15 is 0 Å². The molecule has 0 saturated heterocycles. The van der Waals surface area contributed by atoms with Crippen molar-refractivity contribution in [2.45, 2.75) is 0 Å². The maximum absolute atomic E-state index is 12.7. The Balaban J connectivity index is 3.09. The molecule has 10 heavy (non-hydrogen) atoms. The molecule has 3 heteroatoms. The second-order valence-electron chi connectivity index (χ2n) is 1.99. The smallest absolute Gasteiger partial charge is 0.146 e. The van der Waals surface area contributed by atoms with Crippen molar-refractivity contribution in [1.82, 2.24) is 0 Å². The van der Waals surface area contributed by atoms with Crippen LogP contribution in [0.5, 0.6) is 0 Å². The first-order chi connectivity index (χ1) is 4.74. The first kappa shape index (κ1) is 6.86. The summed E-state index contributed by atoms with van der Waals surface area (Å²) in [5.41, 5.74) is 6.39. The van der Waals surface area contributed by atoms with Gasteiger partial charge in [0.2, 0.25) is 0 Å². The minimum absolute atomic E-state index is 0.281. The number of nitrogen functional groups attached to an aromatic ring is 1. The van der Waals surface area contributed by atoms with Gasteiger partial charge in [0.15, 0.2) is 0 Å². The summed E-state index contributed by atoms with van der Waals surface area (Å²) in [6.45, 7) is 0. The molecular weight excluding hydrogens is 131 g/mol. The third-order valence-corrected chi connectivity index (χ3v) is 1.26. The Morgan fingerprint density at radius 1 is 1.50 bits per heavy atom. The fourth-order valence-corrected chi connectivity index (χ4v) is 0.734. The first-order valence-electron chi connectivity index (χ1n) is 2.97. The number of anilines is 2. The van der Waals surface area contributed by atoms with Crippen molar-refractivity contribution < 1.29 is 4.39 Å². The van der Waals surface area contributed by atoms with Crippen molar-refractivity contribution in [3.8, 4) is 0 Å². The summed E-state index contributed by atoms with van der Waals surface area (Å²) in [7, 11) is 1.65. The van der Waals surface area contributed by atoms with Gasteiger partial charge in [0.25, 0.3) is 0 Å². The van der Waals surface area contributed by atoms with E-state index < -0.39 is 0 Å². The van der Waals surface area contributed by atoms with E-state index in [0.29, 0.717) is 11.4 Å². The Morgan fingerprint density at radius 3 is 2.70 bits per heavy atom. The Bertz CT molecular complexity index is 235. The maximum Gasteiger partial charge on any atom is 0.146 e. The normalized spacial score (nSPS) is 9.40. The van der Waals surface area contributed by atoms with Crippen molar-refractivity contribution in [1.29, 1.82) is 0 Å². The van der Waals surface area contributed by atoms with Crippen LogP contribution in [0.3, 0.4) is 0 Å². The summed E-state index contributed by atoms with van der Waals surface area (Å²) >= 11 is 0. The molecule has 0 radical (unpaired) electrons. The van der Waals surface area contributed by atoms with Crippen LogP contribution in [0.1, 0.15) is 0 Å². The predicted molar refractivity (Wildman–Crippen MR) is 40.4 cm³/mol. The van der Waals surface area contributed by atoms with Gasteiger partial charge in [0.05, 0.1) is 5.69 Å². The van der Waals surface area contributed by atoms with Crippen LogP contribution in [0.25, 0.3) is 0 Å². The maximum atomic E-state index is 12.7. The number of hydrogen-bond donors (Lipinski definition) is 2. The molecule has 0 bridgehead atoms. The van der Waals surface area contributed by atoms with Crippen molar-refractivity contribution >= 4 is 11.4 Å². The molecule has 0 unspecified atom stereocenters. The zero-order valence-corrected chi connectivity index (χ0v) is 5.69. The third kappa shape index (κ3) is 1.18. The van der Waals surface area contributed by atoms with Crippen LogP contribution in [-0.2, 0) is 0 Å². The third-order valence-electron chi connectivity index (χ3n) is 1.26. The van der Waals surface area contributed by atoms with Crippen molar-refractivity contribution in [2.75, 3.05) is 18.1 Å².